The molecule has 0 amide bonds. The third-order valence-corrected chi connectivity index (χ3v) is 3.86. The highest BCUT2D eigenvalue weighted by Gasteiger charge is 2.35. The van der Waals surface area contributed by atoms with Gasteiger partial charge in [-0.1, -0.05) is 0 Å². The van der Waals surface area contributed by atoms with Crippen LogP contribution in [0.3, 0.4) is 0 Å². The minimum atomic E-state index is -2.56. The van der Waals surface area contributed by atoms with Crippen LogP contribution in [0.2, 0.25) is 0 Å². The second kappa shape index (κ2) is 4.95. The molecule has 0 spiro atoms. The Balaban J connectivity index is 2.22. The fraction of sp³-hybridized carbons (Fsp3) is 0.636. The predicted octanol–water partition coefficient (Wildman–Crippen LogP) is 2.79. The molecule has 0 unspecified atom stereocenters. The lowest BCUT2D eigenvalue weighted by molar-refractivity contribution is -0.0222. The largest absolute Gasteiger partial charge is 0.480 e. The standard InChI is InChI=1S/C11H14BrF2N3O/c1-7-8(12)9(18-2)16-10(15-7)17-5-3-11(13,14)4-6-17/h3-6H2,1-2H3. The third-order valence-electron chi connectivity index (χ3n) is 2.95. The molecular formula is C11H14BrF2N3O. The number of halogens is 3. The van der Waals surface area contributed by atoms with Gasteiger partial charge in [-0.15, -0.1) is 0 Å². The Morgan fingerprint density at radius 2 is 1.89 bits per heavy atom. The Hall–Kier alpha value is -0.980. The molecule has 100 valence electrons. The van der Waals surface area contributed by atoms with Crippen LogP contribution in [0.25, 0.3) is 0 Å². The molecule has 0 saturated carbocycles. The first-order valence-corrected chi connectivity index (χ1v) is 6.43. The van der Waals surface area contributed by atoms with Crippen molar-refractivity contribution in [1.82, 2.24) is 9.97 Å². The first-order valence-electron chi connectivity index (χ1n) is 5.64. The minimum absolute atomic E-state index is 0.159. The minimum Gasteiger partial charge on any atom is -0.480 e. The second-order valence-electron chi connectivity index (χ2n) is 4.28. The van der Waals surface area contributed by atoms with Gasteiger partial charge in [-0.05, 0) is 22.9 Å². The molecule has 0 atom stereocenters. The number of hydrogen-bond acceptors (Lipinski definition) is 4. The first-order chi connectivity index (χ1) is 8.43. The van der Waals surface area contributed by atoms with Crippen LogP contribution in [-0.4, -0.2) is 36.1 Å². The average molecular weight is 322 g/mol. The molecule has 2 rings (SSSR count). The maximum atomic E-state index is 13.1. The molecule has 0 aromatic carbocycles. The van der Waals surface area contributed by atoms with Crippen LogP contribution >= 0.6 is 15.9 Å². The summed E-state index contributed by atoms with van der Waals surface area (Å²) in [5.41, 5.74) is 0.731. The van der Waals surface area contributed by atoms with Crippen molar-refractivity contribution >= 4 is 21.9 Å². The molecule has 0 bridgehead atoms. The summed E-state index contributed by atoms with van der Waals surface area (Å²) in [6, 6.07) is 0. The molecule has 0 aliphatic carbocycles. The monoisotopic (exact) mass is 321 g/mol. The van der Waals surface area contributed by atoms with Gasteiger partial charge in [0.25, 0.3) is 5.92 Å². The maximum Gasteiger partial charge on any atom is 0.251 e. The summed E-state index contributed by atoms with van der Waals surface area (Å²) in [6.45, 7) is 2.34. The van der Waals surface area contributed by atoms with Crippen LogP contribution in [0.1, 0.15) is 18.5 Å². The van der Waals surface area contributed by atoms with Crippen molar-refractivity contribution in [3.63, 3.8) is 0 Å². The lowest BCUT2D eigenvalue weighted by Crippen LogP contribution is -2.40. The molecule has 1 fully saturated rings. The van der Waals surface area contributed by atoms with Crippen LogP contribution in [0.4, 0.5) is 14.7 Å². The quantitative estimate of drug-likeness (QED) is 0.839. The topological polar surface area (TPSA) is 38.2 Å². The number of hydrogen-bond donors (Lipinski definition) is 0. The van der Waals surface area contributed by atoms with E-state index in [1.54, 1.807) is 4.90 Å². The van der Waals surface area contributed by atoms with Crippen molar-refractivity contribution < 1.29 is 13.5 Å². The number of rotatable bonds is 2. The molecule has 7 heteroatoms. The normalized spacial score (nSPS) is 18.8. The van der Waals surface area contributed by atoms with Crippen LogP contribution in [-0.2, 0) is 0 Å². The summed E-state index contributed by atoms with van der Waals surface area (Å²) in [6.07, 6.45) is -0.318. The van der Waals surface area contributed by atoms with E-state index in [0.29, 0.717) is 16.3 Å². The van der Waals surface area contributed by atoms with Crippen LogP contribution in [0, 0.1) is 6.92 Å². The molecule has 1 aromatic heterocycles. The Kier molecular flexibility index (Phi) is 3.70. The van der Waals surface area contributed by atoms with E-state index in [9.17, 15) is 8.78 Å². The van der Waals surface area contributed by atoms with Gasteiger partial charge in [0.1, 0.15) is 4.47 Å². The van der Waals surface area contributed by atoms with E-state index in [-0.39, 0.29) is 25.9 Å². The van der Waals surface area contributed by atoms with Crippen molar-refractivity contribution in [2.75, 3.05) is 25.1 Å². The molecule has 2 heterocycles. The Labute approximate surface area is 112 Å². The Morgan fingerprint density at radius 3 is 2.44 bits per heavy atom. The van der Waals surface area contributed by atoms with Crippen LogP contribution < -0.4 is 9.64 Å². The van der Waals surface area contributed by atoms with Gasteiger partial charge < -0.3 is 9.64 Å². The van der Waals surface area contributed by atoms with Gasteiger partial charge in [0.15, 0.2) is 0 Å². The number of piperidine rings is 1. The highest BCUT2D eigenvalue weighted by Crippen LogP contribution is 2.32. The van der Waals surface area contributed by atoms with E-state index in [0.717, 1.165) is 5.69 Å². The number of anilines is 1. The fourth-order valence-electron chi connectivity index (χ4n) is 1.83. The number of nitrogens with zero attached hydrogens (tertiary/aromatic N) is 3. The molecule has 0 radical (unpaired) electrons. The lowest BCUT2D eigenvalue weighted by atomic mass is 10.1. The Morgan fingerprint density at radius 1 is 1.28 bits per heavy atom. The molecule has 4 nitrogen and oxygen atoms in total. The van der Waals surface area contributed by atoms with Gasteiger partial charge in [0.2, 0.25) is 11.8 Å². The molecular weight excluding hydrogens is 308 g/mol. The van der Waals surface area contributed by atoms with Crippen molar-refractivity contribution in [3.05, 3.63) is 10.2 Å². The summed E-state index contributed by atoms with van der Waals surface area (Å²) in [4.78, 5) is 10.3. The highest BCUT2D eigenvalue weighted by molar-refractivity contribution is 9.10. The van der Waals surface area contributed by atoms with Gasteiger partial charge in [0, 0.05) is 25.9 Å². The molecule has 1 aromatic rings. The van der Waals surface area contributed by atoms with Gasteiger partial charge in [-0.25, -0.2) is 13.8 Å². The zero-order chi connectivity index (χ0) is 13.3. The van der Waals surface area contributed by atoms with Crippen molar-refractivity contribution in [2.24, 2.45) is 0 Å². The molecule has 1 saturated heterocycles. The molecule has 1 aliphatic rings. The van der Waals surface area contributed by atoms with Gasteiger partial charge in [0.05, 0.1) is 12.8 Å². The van der Waals surface area contributed by atoms with E-state index in [1.807, 2.05) is 6.92 Å². The average Bonchev–Trinajstić information content (AvgIpc) is 2.32. The van der Waals surface area contributed by atoms with Gasteiger partial charge in [-0.3, -0.25) is 0 Å². The van der Waals surface area contributed by atoms with Crippen LogP contribution in [0.15, 0.2) is 4.47 Å². The van der Waals surface area contributed by atoms with E-state index >= 15 is 0 Å². The fourth-order valence-corrected chi connectivity index (χ4v) is 2.17. The number of aryl methyl sites for hydroxylation is 1. The zero-order valence-electron chi connectivity index (χ0n) is 10.2. The molecule has 0 N–H and O–H groups in total. The van der Waals surface area contributed by atoms with Crippen molar-refractivity contribution in [2.45, 2.75) is 25.7 Å². The van der Waals surface area contributed by atoms with E-state index in [1.165, 1.54) is 7.11 Å². The summed E-state index contributed by atoms with van der Waals surface area (Å²) < 4.78 is 32.0. The van der Waals surface area contributed by atoms with E-state index in [2.05, 4.69) is 25.9 Å². The second-order valence-corrected chi connectivity index (χ2v) is 5.07. The van der Waals surface area contributed by atoms with Gasteiger partial charge >= 0.3 is 0 Å². The number of methoxy groups -OCH3 is 1. The number of ether oxygens (including phenoxy) is 1. The predicted molar refractivity (Wildman–Crippen MR) is 67.4 cm³/mol. The van der Waals surface area contributed by atoms with E-state index in [4.69, 9.17) is 4.74 Å². The first kappa shape index (κ1) is 13.5. The summed E-state index contributed by atoms with van der Waals surface area (Å²) >= 11 is 3.33. The zero-order valence-corrected chi connectivity index (χ0v) is 11.8. The Bertz CT molecular complexity index is 446. The lowest BCUT2D eigenvalue weighted by Gasteiger charge is -2.31. The maximum absolute atomic E-state index is 13.1. The van der Waals surface area contributed by atoms with Gasteiger partial charge in [-0.2, -0.15) is 4.98 Å². The summed E-state index contributed by atoms with van der Waals surface area (Å²) in [5.74, 6) is -1.69. The third kappa shape index (κ3) is 2.71. The summed E-state index contributed by atoms with van der Waals surface area (Å²) in [5, 5.41) is 0. The number of alkyl halides is 2. The summed E-state index contributed by atoms with van der Waals surface area (Å²) in [7, 11) is 1.51. The SMILES string of the molecule is COc1nc(N2CCC(F)(F)CC2)nc(C)c1Br. The van der Waals surface area contributed by atoms with E-state index < -0.39 is 5.92 Å². The van der Waals surface area contributed by atoms with Crippen molar-refractivity contribution in [1.29, 1.82) is 0 Å². The van der Waals surface area contributed by atoms with Crippen molar-refractivity contribution in [3.8, 4) is 5.88 Å². The van der Waals surface area contributed by atoms with Crippen LogP contribution in [0.5, 0.6) is 5.88 Å². The smallest absolute Gasteiger partial charge is 0.251 e. The number of aromatic nitrogens is 2. The highest BCUT2D eigenvalue weighted by atomic mass is 79.9. The molecule has 18 heavy (non-hydrogen) atoms. The molecule has 1 aliphatic heterocycles.